The summed E-state index contributed by atoms with van der Waals surface area (Å²) in [6, 6.07) is 9.46. The van der Waals surface area contributed by atoms with Crippen LogP contribution in [-0.4, -0.2) is 23.9 Å². The maximum Gasteiger partial charge on any atom is 0.177 e. The minimum absolute atomic E-state index is 0.122. The van der Waals surface area contributed by atoms with E-state index < -0.39 is 0 Å². The van der Waals surface area contributed by atoms with Crippen molar-refractivity contribution in [3.05, 3.63) is 42.1 Å². The van der Waals surface area contributed by atoms with Crippen LogP contribution in [0.5, 0.6) is 0 Å². The number of rotatable bonds is 5. The maximum absolute atomic E-state index is 12.0. The first-order valence-corrected chi connectivity index (χ1v) is 5.90. The Kier molecular flexibility index (Phi) is 3.83. The van der Waals surface area contributed by atoms with E-state index in [0.717, 1.165) is 29.4 Å². The zero-order valence-corrected chi connectivity index (χ0v) is 9.94. The lowest BCUT2D eigenvalue weighted by Crippen LogP contribution is -2.23. The van der Waals surface area contributed by atoms with Crippen LogP contribution < -0.4 is 5.32 Å². The number of ketones is 1. The van der Waals surface area contributed by atoms with Gasteiger partial charge in [0.2, 0.25) is 0 Å². The summed E-state index contributed by atoms with van der Waals surface area (Å²) in [5, 5.41) is 4.06. The van der Waals surface area contributed by atoms with Crippen molar-refractivity contribution in [3.8, 4) is 0 Å². The molecule has 1 N–H and O–H groups in total. The third-order valence-electron chi connectivity index (χ3n) is 2.66. The highest BCUT2D eigenvalue weighted by Gasteiger charge is 2.09. The number of benzene rings is 1. The molecule has 0 aliphatic heterocycles. The molecule has 0 spiro atoms. The quantitative estimate of drug-likeness (QED) is 0.631. The normalized spacial score (nSPS) is 10.6. The molecule has 0 bridgehead atoms. The minimum atomic E-state index is 0.122. The van der Waals surface area contributed by atoms with Crippen molar-refractivity contribution in [2.24, 2.45) is 0 Å². The van der Waals surface area contributed by atoms with Crippen LogP contribution in [0.3, 0.4) is 0 Å². The van der Waals surface area contributed by atoms with Crippen LogP contribution in [0, 0.1) is 0 Å². The van der Waals surface area contributed by atoms with Gasteiger partial charge < -0.3 is 5.32 Å². The van der Waals surface area contributed by atoms with Gasteiger partial charge in [0, 0.05) is 17.1 Å². The Balaban J connectivity index is 2.26. The lowest BCUT2D eigenvalue weighted by molar-refractivity contribution is 0.0993. The SMILES string of the molecule is CCCNCC(=O)c1cccc2ncccc12. The van der Waals surface area contributed by atoms with Gasteiger partial charge in [0.15, 0.2) is 5.78 Å². The number of nitrogens with zero attached hydrogens (tertiary/aromatic N) is 1. The molecule has 0 atom stereocenters. The summed E-state index contributed by atoms with van der Waals surface area (Å²) in [6.45, 7) is 3.34. The number of fused-ring (bicyclic) bond motifs is 1. The predicted molar refractivity (Wildman–Crippen MR) is 69.2 cm³/mol. The van der Waals surface area contributed by atoms with E-state index in [-0.39, 0.29) is 5.78 Å². The van der Waals surface area contributed by atoms with Crippen LogP contribution in [-0.2, 0) is 0 Å². The van der Waals surface area contributed by atoms with Crippen LogP contribution >= 0.6 is 0 Å². The van der Waals surface area contributed by atoms with Crippen LogP contribution in [0.25, 0.3) is 10.9 Å². The highest BCUT2D eigenvalue weighted by atomic mass is 16.1. The topological polar surface area (TPSA) is 42.0 Å². The standard InChI is InChI=1S/C14H16N2O/c1-2-8-15-10-14(17)12-5-3-7-13-11(12)6-4-9-16-13/h3-7,9,15H,2,8,10H2,1H3. The third kappa shape index (κ3) is 2.68. The van der Waals surface area contributed by atoms with Gasteiger partial charge in [0.05, 0.1) is 12.1 Å². The van der Waals surface area contributed by atoms with E-state index in [1.165, 1.54) is 0 Å². The number of carbonyl (C=O) groups is 1. The summed E-state index contributed by atoms with van der Waals surface area (Å²) in [6.07, 6.45) is 2.77. The fourth-order valence-electron chi connectivity index (χ4n) is 1.82. The summed E-state index contributed by atoms with van der Waals surface area (Å²) >= 11 is 0. The van der Waals surface area contributed by atoms with Gasteiger partial charge in [-0.15, -0.1) is 0 Å². The first kappa shape index (κ1) is 11.7. The van der Waals surface area contributed by atoms with E-state index in [4.69, 9.17) is 0 Å². The molecule has 0 radical (unpaired) electrons. The molecule has 0 aliphatic rings. The molecule has 2 rings (SSSR count). The second-order valence-corrected chi connectivity index (χ2v) is 3.98. The van der Waals surface area contributed by atoms with Crippen molar-refractivity contribution in [2.75, 3.05) is 13.1 Å². The van der Waals surface area contributed by atoms with Gasteiger partial charge in [0.25, 0.3) is 0 Å². The molecule has 3 nitrogen and oxygen atoms in total. The van der Waals surface area contributed by atoms with Crippen molar-refractivity contribution >= 4 is 16.7 Å². The molecule has 1 aromatic heterocycles. The van der Waals surface area contributed by atoms with Crippen LogP contribution in [0.4, 0.5) is 0 Å². The van der Waals surface area contributed by atoms with E-state index in [1.54, 1.807) is 6.20 Å². The van der Waals surface area contributed by atoms with Crippen molar-refractivity contribution in [1.29, 1.82) is 0 Å². The van der Waals surface area contributed by atoms with Gasteiger partial charge >= 0.3 is 0 Å². The first-order chi connectivity index (χ1) is 8.33. The number of aromatic nitrogens is 1. The molecule has 2 aromatic rings. The van der Waals surface area contributed by atoms with Crippen molar-refractivity contribution in [1.82, 2.24) is 10.3 Å². The summed E-state index contributed by atoms with van der Waals surface area (Å²) in [7, 11) is 0. The van der Waals surface area contributed by atoms with Gasteiger partial charge in [0.1, 0.15) is 0 Å². The molecule has 0 unspecified atom stereocenters. The van der Waals surface area contributed by atoms with Gasteiger partial charge in [-0.05, 0) is 25.1 Å². The van der Waals surface area contributed by atoms with E-state index in [1.807, 2.05) is 30.3 Å². The fourth-order valence-corrected chi connectivity index (χ4v) is 1.82. The lowest BCUT2D eigenvalue weighted by atomic mass is 10.0. The largest absolute Gasteiger partial charge is 0.310 e. The average Bonchev–Trinajstić information content (AvgIpc) is 2.38. The number of pyridine rings is 1. The second-order valence-electron chi connectivity index (χ2n) is 3.98. The van der Waals surface area contributed by atoms with E-state index in [9.17, 15) is 4.79 Å². The molecule has 0 fully saturated rings. The van der Waals surface area contributed by atoms with E-state index in [0.29, 0.717) is 6.54 Å². The maximum atomic E-state index is 12.0. The number of hydrogen-bond acceptors (Lipinski definition) is 3. The first-order valence-electron chi connectivity index (χ1n) is 5.90. The highest BCUT2D eigenvalue weighted by Crippen LogP contribution is 2.16. The lowest BCUT2D eigenvalue weighted by Gasteiger charge is -2.05. The van der Waals surface area contributed by atoms with Crippen LogP contribution in [0.1, 0.15) is 23.7 Å². The Bertz CT molecular complexity index is 517. The van der Waals surface area contributed by atoms with Crippen LogP contribution in [0.15, 0.2) is 36.5 Å². The average molecular weight is 228 g/mol. The highest BCUT2D eigenvalue weighted by molar-refractivity contribution is 6.08. The van der Waals surface area contributed by atoms with Crippen molar-refractivity contribution in [3.63, 3.8) is 0 Å². The monoisotopic (exact) mass is 228 g/mol. The number of nitrogens with one attached hydrogen (secondary N) is 1. The predicted octanol–water partition coefficient (Wildman–Crippen LogP) is 2.42. The number of hydrogen-bond donors (Lipinski definition) is 1. The summed E-state index contributed by atoms with van der Waals surface area (Å²) in [5.74, 6) is 0.122. The van der Waals surface area contributed by atoms with Gasteiger partial charge in [-0.3, -0.25) is 9.78 Å². The molecular weight excluding hydrogens is 212 g/mol. The Hall–Kier alpha value is -1.74. The molecule has 0 saturated carbocycles. The number of Topliss-reactive ketones (excluding diaryl/α,β-unsaturated/α-hetero) is 1. The zero-order chi connectivity index (χ0) is 12.1. The molecule has 3 heteroatoms. The molecule has 17 heavy (non-hydrogen) atoms. The molecular formula is C14H16N2O. The van der Waals surface area contributed by atoms with Gasteiger partial charge in [-0.2, -0.15) is 0 Å². The minimum Gasteiger partial charge on any atom is -0.310 e. The second kappa shape index (κ2) is 5.55. The van der Waals surface area contributed by atoms with Gasteiger partial charge in [-0.1, -0.05) is 25.1 Å². The van der Waals surface area contributed by atoms with E-state index >= 15 is 0 Å². The van der Waals surface area contributed by atoms with Crippen molar-refractivity contribution in [2.45, 2.75) is 13.3 Å². The van der Waals surface area contributed by atoms with E-state index in [2.05, 4.69) is 17.2 Å². The van der Waals surface area contributed by atoms with Crippen LogP contribution in [0.2, 0.25) is 0 Å². The molecule has 88 valence electrons. The Morgan fingerprint density at radius 1 is 1.29 bits per heavy atom. The molecule has 1 aromatic carbocycles. The third-order valence-corrected chi connectivity index (χ3v) is 2.66. The van der Waals surface area contributed by atoms with Crippen molar-refractivity contribution < 1.29 is 4.79 Å². The summed E-state index contributed by atoms with van der Waals surface area (Å²) < 4.78 is 0. The molecule has 1 heterocycles. The Labute approximate surface area is 101 Å². The van der Waals surface area contributed by atoms with Gasteiger partial charge in [-0.25, -0.2) is 0 Å². The zero-order valence-electron chi connectivity index (χ0n) is 9.94. The molecule has 0 saturated heterocycles. The Morgan fingerprint density at radius 3 is 3.00 bits per heavy atom. The molecule has 0 aliphatic carbocycles. The number of carbonyl (C=O) groups excluding carboxylic acids is 1. The summed E-state index contributed by atoms with van der Waals surface area (Å²) in [4.78, 5) is 16.3. The Morgan fingerprint density at radius 2 is 2.18 bits per heavy atom. The molecule has 0 amide bonds. The summed E-state index contributed by atoms with van der Waals surface area (Å²) in [5.41, 5.74) is 1.62. The fraction of sp³-hybridized carbons (Fsp3) is 0.286. The smallest absolute Gasteiger partial charge is 0.177 e.